The Morgan fingerprint density at radius 2 is 2.07 bits per heavy atom. The number of fused-ring (bicyclic) bond motifs is 1. The van der Waals surface area contributed by atoms with Gasteiger partial charge in [-0.3, -0.25) is 14.3 Å². The van der Waals surface area contributed by atoms with Gasteiger partial charge in [0.1, 0.15) is 10.6 Å². The van der Waals surface area contributed by atoms with Gasteiger partial charge in [0, 0.05) is 18.5 Å². The monoisotopic (exact) mass is 429 g/mol. The van der Waals surface area contributed by atoms with Crippen molar-refractivity contribution >= 4 is 33.4 Å². The van der Waals surface area contributed by atoms with Crippen LogP contribution in [-0.2, 0) is 16.1 Å². The van der Waals surface area contributed by atoms with Crippen LogP contribution in [0.2, 0.25) is 0 Å². The first kappa shape index (κ1) is 20.5. The van der Waals surface area contributed by atoms with Crippen LogP contribution >= 0.6 is 11.3 Å². The zero-order chi connectivity index (χ0) is 21.3. The van der Waals surface area contributed by atoms with Gasteiger partial charge in [-0.15, -0.1) is 11.3 Å². The number of carbonyl (C=O) groups is 2. The zero-order valence-corrected chi connectivity index (χ0v) is 17.9. The number of likely N-dealkylation sites (tertiary alicyclic amines) is 1. The minimum Gasteiger partial charge on any atom is -0.466 e. The Kier molecular flexibility index (Phi) is 5.85. The second-order valence-corrected chi connectivity index (χ2v) is 8.57. The normalized spacial score (nSPS) is 16.8. The Bertz CT molecular complexity index is 1070. The van der Waals surface area contributed by atoms with Crippen LogP contribution in [0.15, 0.2) is 30.3 Å². The van der Waals surface area contributed by atoms with Crippen molar-refractivity contribution < 1.29 is 18.7 Å². The van der Waals surface area contributed by atoms with E-state index >= 15 is 0 Å². The molecule has 8 heteroatoms. The molecule has 1 aliphatic rings. The van der Waals surface area contributed by atoms with Crippen LogP contribution in [0.3, 0.4) is 0 Å². The lowest BCUT2D eigenvalue weighted by Crippen LogP contribution is -2.42. The standard InChI is InChI=1S/C22H24FN3O3S/c1-3-29-22(28)16-5-4-10-25(13-16)20(27)19-11-18-14(2)24-26(21(18)30-19)12-15-6-8-17(23)9-7-15/h6-9,11,16H,3-5,10,12-13H2,1-2H3. The van der Waals surface area contributed by atoms with Gasteiger partial charge in [-0.1, -0.05) is 12.1 Å². The molecule has 1 fully saturated rings. The number of ether oxygens (including phenoxy) is 1. The maximum atomic E-state index is 13.2. The predicted octanol–water partition coefficient (Wildman–Crippen LogP) is 4.01. The van der Waals surface area contributed by atoms with Gasteiger partial charge in [0.25, 0.3) is 5.91 Å². The van der Waals surface area contributed by atoms with Gasteiger partial charge in [-0.05, 0) is 50.5 Å². The van der Waals surface area contributed by atoms with Crippen molar-refractivity contribution in [3.63, 3.8) is 0 Å². The second kappa shape index (κ2) is 8.55. The van der Waals surface area contributed by atoms with Crippen molar-refractivity contribution in [3.05, 3.63) is 52.3 Å². The van der Waals surface area contributed by atoms with Gasteiger partial charge in [-0.2, -0.15) is 5.10 Å². The van der Waals surface area contributed by atoms with Crippen molar-refractivity contribution in [3.8, 4) is 0 Å². The summed E-state index contributed by atoms with van der Waals surface area (Å²) >= 11 is 1.41. The summed E-state index contributed by atoms with van der Waals surface area (Å²) < 4.78 is 20.2. The first-order chi connectivity index (χ1) is 14.5. The third kappa shape index (κ3) is 4.09. The number of carbonyl (C=O) groups excluding carboxylic acids is 2. The number of piperidine rings is 1. The molecule has 158 valence electrons. The molecule has 4 rings (SSSR count). The van der Waals surface area contributed by atoms with E-state index in [1.807, 2.05) is 17.7 Å². The molecule has 30 heavy (non-hydrogen) atoms. The van der Waals surface area contributed by atoms with E-state index in [9.17, 15) is 14.0 Å². The van der Waals surface area contributed by atoms with Crippen molar-refractivity contribution in [1.82, 2.24) is 14.7 Å². The van der Waals surface area contributed by atoms with Crippen molar-refractivity contribution in [1.29, 1.82) is 0 Å². The van der Waals surface area contributed by atoms with Crippen LogP contribution in [0.1, 0.15) is 40.7 Å². The van der Waals surface area contributed by atoms with E-state index in [4.69, 9.17) is 4.74 Å². The molecule has 1 amide bonds. The third-order valence-corrected chi connectivity index (χ3v) is 6.53. The molecule has 2 aromatic heterocycles. The molecule has 0 N–H and O–H groups in total. The first-order valence-electron chi connectivity index (χ1n) is 10.1. The van der Waals surface area contributed by atoms with Crippen molar-refractivity contribution in [2.75, 3.05) is 19.7 Å². The fourth-order valence-corrected chi connectivity index (χ4v) is 4.99. The highest BCUT2D eigenvalue weighted by atomic mass is 32.1. The van der Waals surface area contributed by atoms with Crippen LogP contribution < -0.4 is 0 Å². The largest absolute Gasteiger partial charge is 0.466 e. The van der Waals surface area contributed by atoms with E-state index in [1.54, 1.807) is 24.0 Å². The summed E-state index contributed by atoms with van der Waals surface area (Å²) in [7, 11) is 0. The van der Waals surface area contributed by atoms with Crippen molar-refractivity contribution in [2.24, 2.45) is 5.92 Å². The van der Waals surface area contributed by atoms with Gasteiger partial charge in [0.2, 0.25) is 0 Å². The molecule has 3 aromatic rings. The molecule has 6 nitrogen and oxygen atoms in total. The van der Waals surface area contributed by atoms with Gasteiger partial charge in [0.15, 0.2) is 0 Å². The lowest BCUT2D eigenvalue weighted by molar-refractivity contribution is -0.149. The molecule has 1 aliphatic heterocycles. The minimum atomic E-state index is -0.271. The molecule has 3 heterocycles. The number of hydrogen-bond acceptors (Lipinski definition) is 5. The number of thiophene rings is 1. The highest BCUT2D eigenvalue weighted by Crippen LogP contribution is 2.31. The Balaban J connectivity index is 1.55. The SMILES string of the molecule is CCOC(=O)C1CCCN(C(=O)c2cc3c(C)nn(Cc4ccc(F)cc4)c3s2)C1. The van der Waals surface area contributed by atoms with Crippen LogP contribution in [0.5, 0.6) is 0 Å². The molecular weight excluding hydrogens is 405 g/mol. The third-order valence-electron chi connectivity index (χ3n) is 5.39. The molecule has 1 atom stereocenters. The van der Waals surface area contributed by atoms with E-state index < -0.39 is 0 Å². The fourth-order valence-electron chi connectivity index (χ4n) is 3.86. The first-order valence-corrected chi connectivity index (χ1v) is 10.9. The zero-order valence-electron chi connectivity index (χ0n) is 17.1. The van der Waals surface area contributed by atoms with E-state index in [-0.39, 0.29) is 23.6 Å². The van der Waals surface area contributed by atoms with Crippen LogP contribution in [-0.4, -0.2) is 46.3 Å². The predicted molar refractivity (Wildman–Crippen MR) is 113 cm³/mol. The maximum absolute atomic E-state index is 13.2. The minimum absolute atomic E-state index is 0.0575. The fraction of sp³-hybridized carbons (Fsp3) is 0.409. The van der Waals surface area contributed by atoms with Gasteiger partial charge < -0.3 is 9.64 Å². The number of halogens is 1. The van der Waals surface area contributed by atoms with Crippen LogP contribution in [0.4, 0.5) is 4.39 Å². The number of rotatable bonds is 5. The van der Waals surface area contributed by atoms with Gasteiger partial charge in [0.05, 0.1) is 29.6 Å². The Hall–Kier alpha value is -2.74. The summed E-state index contributed by atoms with van der Waals surface area (Å²) in [5.74, 6) is -0.810. The molecule has 1 saturated heterocycles. The molecule has 0 saturated carbocycles. The van der Waals surface area contributed by atoms with Gasteiger partial charge in [-0.25, -0.2) is 4.39 Å². The smallest absolute Gasteiger partial charge is 0.310 e. The topological polar surface area (TPSA) is 64.4 Å². The maximum Gasteiger partial charge on any atom is 0.310 e. The highest BCUT2D eigenvalue weighted by Gasteiger charge is 2.30. The van der Waals surface area contributed by atoms with E-state index in [0.717, 1.165) is 34.3 Å². The summed E-state index contributed by atoms with van der Waals surface area (Å²) in [6, 6.07) is 8.23. The molecule has 1 aromatic carbocycles. The summed E-state index contributed by atoms with van der Waals surface area (Å²) in [5, 5.41) is 5.53. The van der Waals surface area contributed by atoms with Crippen LogP contribution in [0, 0.1) is 18.7 Å². The highest BCUT2D eigenvalue weighted by molar-refractivity contribution is 7.20. The number of amides is 1. The molecule has 0 aliphatic carbocycles. The van der Waals surface area contributed by atoms with Crippen molar-refractivity contribution in [2.45, 2.75) is 33.2 Å². The molecule has 0 radical (unpaired) electrons. The van der Waals surface area contributed by atoms with Crippen LogP contribution in [0.25, 0.3) is 10.2 Å². The number of hydrogen-bond donors (Lipinski definition) is 0. The van der Waals surface area contributed by atoms with E-state index in [0.29, 0.717) is 31.1 Å². The number of aromatic nitrogens is 2. The summed E-state index contributed by atoms with van der Waals surface area (Å²) in [4.78, 5) is 28.5. The number of esters is 1. The second-order valence-electron chi connectivity index (χ2n) is 7.54. The Morgan fingerprint density at radius 3 is 2.80 bits per heavy atom. The lowest BCUT2D eigenvalue weighted by atomic mass is 9.98. The summed E-state index contributed by atoms with van der Waals surface area (Å²) in [6.45, 7) is 5.60. The summed E-state index contributed by atoms with van der Waals surface area (Å²) in [6.07, 6.45) is 1.54. The lowest BCUT2D eigenvalue weighted by Gasteiger charge is -2.31. The molecular formula is C22H24FN3O3S. The quantitative estimate of drug-likeness (QED) is 0.575. The van der Waals surface area contributed by atoms with E-state index in [2.05, 4.69) is 5.10 Å². The van der Waals surface area contributed by atoms with E-state index in [1.165, 1.54) is 23.5 Å². The number of aryl methyl sites for hydroxylation is 1. The number of benzene rings is 1. The molecule has 0 bridgehead atoms. The number of nitrogens with zero attached hydrogens (tertiary/aromatic N) is 3. The Labute approximate surface area is 178 Å². The molecule has 0 spiro atoms. The summed E-state index contributed by atoms with van der Waals surface area (Å²) in [5.41, 5.74) is 1.79. The average Bonchev–Trinajstić information content (AvgIpc) is 3.31. The average molecular weight is 430 g/mol. The van der Waals surface area contributed by atoms with Gasteiger partial charge >= 0.3 is 5.97 Å². The molecule has 1 unspecified atom stereocenters. The Morgan fingerprint density at radius 1 is 1.30 bits per heavy atom.